The second-order valence-corrected chi connectivity index (χ2v) is 14.5. The number of ether oxygens (including phenoxy) is 1. The number of carbonyl (C=O) groups is 2. The zero-order valence-electron chi connectivity index (χ0n) is 32.4. The molecule has 4 nitrogen and oxygen atoms in total. The number of esters is 1. The van der Waals surface area contributed by atoms with Crippen LogP contribution >= 0.6 is 0 Å². The maximum Gasteiger partial charge on any atom is 0.305 e. The standard InChI is InChI=1S/C44H82O4/c1-3-5-7-8-9-10-11-12-13-17-20-23-29-35-41-48-44(47)40-34-28-24-26-32-38-42(36-30-6-4-2)37-31-25-21-18-15-14-16-19-22-27-33-39-43(45)46/h15,18,36H,3-14,16-17,19-35,37-41H2,1-2H3,(H,45,46)/b18-15-,42-36-. The number of hydrogen-bond acceptors (Lipinski definition) is 3. The third-order valence-corrected chi connectivity index (χ3v) is 9.68. The zero-order chi connectivity index (χ0) is 35.0. The van der Waals surface area contributed by atoms with Gasteiger partial charge in [-0.15, -0.1) is 0 Å². The normalized spacial score (nSPS) is 11.9. The summed E-state index contributed by atoms with van der Waals surface area (Å²) in [5, 5.41) is 8.69. The number of rotatable bonds is 39. The molecule has 0 amide bonds. The average molecular weight is 675 g/mol. The van der Waals surface area contributed by atoms with Crippen LogP contribution in [0.25, 0.3) is 0 Å². The lowest BCUT2D eigenvalue weighted by molar-refractivity contribution is -0.144. The van der Waals surface area contributed by atoms with E-state index in [1.165, 1.54) is 167 Å². The van der Waals surface area contributed by atoms with Crippen molar-refractivity contribution in [2.24, 2.45) is 0 Å². The summed E-state index contributed by atoms with van der Waals surface area (Å²) >= 11 is 0. The van der Waals surface area contributed by atoms with E-state index in [4.69, 9.17) is 9.84 Å². The summed E-state index contributed by atoms with van der Waals surface area (Å²) in [6.45, 7) is 5.17. The monoisotopic (exact) mass is 675 g/mol. The largest absolute Gasteiger partial charge is 0.481 e. The Morgan fingerprint density at radius 2 is 0.833 bits per heavy atom. The molecule has 0 saturated carbocycles. The van der Waals surface area contributed by atoms with E-state index in [0.717, 1.165) is 44.9 Å². The molecular formula is C44H82O4. The van der Waals surface area contributed by atoms with Crippen molar-refractivity contribution in [2.75, 3.05) is 6.61 Å². The van der Waals surface area contributed by atoms with Gasteiger partial charge in [-0.3, -0.25) is 9.59 Å². The lowest BCUT2D eigenvalue weighted by Crippen LogP contribution is -2.05. The Morgan fingerprint density at radius 1 is 0.438 bits per heavy atom. The Hall–Kier alpha value is -1.58. The summed E-state index contributed by atoms with van der Waals surface area (Å²) in [6, 6.07) is 0. The molecule has 0 radical (unpaired) electrons. The Labute approximate surface area is 299 Å². The van der Waals surface area contributed by atoms with Crippen molar-refractivity contribution < 1.29 is 19.4 Å². The fourth-order valence-electron chi connectivity index (χ4n) is 6.46. The number of carboxylic acid groups (broad SMARTS) is 1. The summed E-state index contributed by atoms with van der Waals surface area (Å²) in [6.07, 6.45) is 49.5. The van der Waals surface area contributed by atoms with Gasteiger partial charge in [0.25, 0.3) is 0 Å². The predicted molar refractivity (Wildman–Crippen MR) is 209 cm³/mol. The minimum atomic E-state index is -0.672. The van der Waals surface area contributed by atoms with Gasteiger partial charge in [0.2, 0.25) is 0 Å². The Bertz CT molecular complexity index is 740. The molecule has 0 aromatic heterocycles. The number of carboxylic acids is 1. The lowest BCUT2D eigenvalue weighted by atomic mass is 9.98. The van der Waals surface area contributed by atoms with Gasteiger partial charge in [-0.25, -0.2) is 0 Å². The smallest absolute Gasteiger partial charge is 0.305 e. The molecule has 4 heteroatoms. The molecule has 0 aliphatic carbocycles. The first kappa shape index (κ1) is 46.4. The molecule has 0 fully saturated rings. The van der Waals surface area contributed by atoms with Gasteiger partial charge in [0.1, 0.15) is 0 Å². The van der Waals surface area contributed by atoms with Crippen molar-refractivity contribution in [3.63, 3.8) is 0 Å². The number of hydrogen-bond donors (Lipinski definition) is 1. The molecule has 0 spiro atoms. The first-order valence-electron chi connectivity index (χ1n) is 21.3. The maximum absolute atomic E-state index is 12.1. The molecule has 0 rings (SSSR count). The Morgan fingerprint density at radius 3 is 1.35 bits per heavy atom. The molecule has 0 heterocycles. The molecule has 282 valence electrons. The first-order chi connectivity index (χ1) is 23.6. The van der Waals surface area contributed by atoms with Gasteiger partial charge >= 0.3 is 11.9 Å². The minimum absolute atomic E-state index is 0.00523. The van der Waals surface area contributed by atoms with Crippen molar-refractivity contribution in [3.8, 4) is 0 Å². The molecule has 0 bridgehead atoms. The topological polar surface area (TPSA) is 63.6 Å². The van der Waals surface area contributed by atoms with Crippen LogP contribution in [-0.2, 0) is 14.3 Å². The van der Waals surface area contributed by atoms with Gasteiger partial charge in [-0.05, 0) is 77.0 Å². The van der Waals surface area contributed by atoms with Crippen LogP contribution in [0.2, 0.25) is 0 Å². The Balaban J connectivity index is 3.66. The van der Waals surface area contributed by atoms with Crippen LogP contribution in [0.5, 0.6) is 0 Å². The second-order valence-electron chi connectivity index (χ2n) is 14.5. The highest BCUT2D eigenvalue weighted by atomic mass is 16.5. The third kappa shape index (κ3) is 38.9. The van der Waals surface area contributed by atoms with Crippen LogP contribution in [0.1, 0.15) is 239 Å². The minimum Gasteiger partial charge on any atom is -0.481 e. The molecule has 0 saturated heterocycles. The van der Waals surface area contributed by atoms with E-state index in [0.29, 0.717) is 19.4 Å². The van der Waals surface area contributed by atoms with Gasteiger partial charge in [-0.2, -0.15) is 0 Å². The van der Waals surface area contributed by atoms with Crippen molar-refractivity contribution in [3.05, 3.63) is 23.8 Å². The number of aliphatic carboxylic acids is 1. The predicted octanol–water partition coefficient (Wildman–Crippen LogP) is 14.8. The maximum atomic E-state index is 12.1. The van der Waals surface area contributed by atoms with E-state index in [1.54, 1.807) is 5.57 Å². The summed E-state index contributed by atoms with van der Waals surface area (Å²) in [5.41, 5.74) is 1.67. The lowest BCUT2D eigenvalue weighted by Gasteiger charge is -2.08. The highest BCUT2D eigenvalue weighted by Crippen LogP contribution is 2.20. The second kappa shape index (κ2) is 39.9. The zero-order valence-corrected chi connectivity index (χ0v) is 32.4. The quantitative estimate of drug-likeness (QED) is 0.0400. The summed E-state index contributed by atoms with van der Waals surface area (Å²) in [5.74, 6) is -0.667. The average Bonchev–Trinajstić information content (AvgIpc) is 3.07. The summed E-state index contributed by atoms with van der Waals surface area (Å²) in [7, 11) is 0. The van der Waals surface area contributed by atoms with Crippen molar-refractivity contribution in [2.45, 2.75) is 239 Å². The van der Waals surface area contributed by atoms with E-state index >= 15 is 0 Å². The molecule has 1 N–H and O–H groups in total. The van der Waals surface area contributed by atoms with Crippen LogP contribution in [0.3, 0.4) is 0 Å². The third-order valence-electron chi connectivity index (χ3n) is 9.68. The number of unbranched alkanes of at least 4 members (excludes halogenated alkanes) is 26. The van der Waals surface area contributed by atoms with E-state index in [-0.39, 0.29) is 5.97 Å². The van der Waals surface area contributed by atoms with Crippen LogP contribution < -0.4 is 0 Å². The molecular weight excluding hydrogens is 592 g/mol. The number of carbonyl (C=O) groups excluding carboxylic acids is 1. The molecule has 0 aromatic carbocycles. The van der Waals surface area contributed by atoms with Crippen molar-refractivity contribution >= 4 is 11.9 Å². The van der Waals surface area contributed by atoms with E-state index < -0.39 is 5.97 Å². The van der Waals surface area contributed by atoms with Gasteiger partial charge in [0.15, 0.2) is 0 Å². The summed E-state index contributed by atoms with van der Waals surface area (Å²) < 4.78 is 5.49. The molecule has 48 heavy (non-hydrogen) atoms. The SMILES string of the molecule is CCCC/C=C(/CCCC/C=C\CCCCCCCC(=O)O)CCCCCCCC(=O)OCCCCCCCCCCCCCCCC. The Kier molecular flexibility index (Phi) is 38.5. The van der Waals surface area contributed by atoms with Gasteiger partial charge < -0.3 is 9.84 Å². The highest BCUT2D eigenvalue weighted by molar-refractivity contribution is 5.69. The highest BCUT2D eigenvalue weighted by Gasteiger charge is 2.04. The summed E-state index contributed by atoms with van der Waals surface area (Å²) in [4.78, 5) is 22.7. The van der Waals surface area contributed by atoms with Gasteiger partial charge in [0, 0.05) is 12.8 Å². The van der Waals surface area contributed by atoms with Crippen LogP contribution in [0.4, 0.5) is 0 Å². The molecule has 0 unspecified atom stereocenters. The van der Waals surface area contributed by atoms with E-state index in [1.807, 2.05) is 0 Å². The molecule has 0 aliphatic rings. The number of allylic oxidation sites excluding steroid dienone is 4. The van der Waals surface area contributed by atoms with Crippen LogP contribution in [0.15, 0.2) is 23.8 Å². The van der Waals surface area contributed by atoms with Gasteiger partial charge in [-0.1, -0.05) is 172 Å². The fraction of sp³-hybridized carbons (Fsp3) is 0.864. The molecule has 0 aromatic rings. The molecule has 0 atom stereocenters. The van der Waals surface area contributed by atoms with E-state index in [9.17, 15) is 9.59 Å². The van der Waals surface area contributed by atoms with E-state index in [2.05, 4.69) is 32.1 Å². The fourth-order valence-corrected chi connectivity index (χ4v) is 6.46. The van der Waals surface area contributed by atoms with Crippen LogP contribution in [0, 0.1) is 0 Å². The van der Waals surface area contributed by atoms with Crippen molar-refractivity contribution in [1.82, 2.24) is 0 Å². The van der Waals surface area contributed by atoms with Gasteiger partial charge in [0.05, 0.1) is 6.61 Å². The molecule has 0 aliphatic heterocycles. The van der Waals surface area contributed by atoms with Crippen LogP contribution in [-0.4, -0.2) is 23.7 Å². The van der Waals surface area contributed by atoms with Crippen molar-refractivity contribution in [1.29, 1.82) is 0 Å². The first-order valence-corrected chi connectivity index (χ1v) is 21.3.